The van der Waals surface area contributed by atoms with Crippen LogP contribution < -0.4 is 4.72 Å². The fraction of sp³-hybridized carbons (Fsp3) is 0.571. The number of nitrogens with zero attached hydrogens (tertiary/aromatic N) is 1. The van der Waals surface area contributed by atoms with Crippen LogP contribution in [-0.2, 0) is 16.6 Å². The first kappa shape index (κ1) is 11.4. The largest absolute Gasteiger partial charge is 0.337 e. The summed E-state index contributed by atoms with van der Waals surface area (Å²) >= 11 is 4.98. The van der Waals surface area contributed by atoms with E-state index in [1.165, 1.54) is 0 Å². The second kappa shape index (κ2) is 4.72. The van der Waals surface area contributed by atoms with Gasteiger partial charge in [-0.05, 0) is 18.6 Å². The smallest absolute Gasteiger partial charge is 0.208 e. The van der Waals surface area contributed by atoms with Gasteiger partial charge < -0.3 is 9.55 Å². The minimum absolute atomic E-state index is 0.436. The molecule has 0 amide bonds. The molecule has 80 valence electrons. The molecule has 1 heterocycles. The van der Waals surface area contributed by atoms with Gasteiger partial charge in [-0.15, -0.1) is 0 Å². The number of hydrogen-bond acceptors (Lipinski definition) is 3. The molecule has 7 heteroatoms. The summed E-state index contributed by atoms with van der Waals surface area (Å²) < 4.78 is 26.4. The summed E-state index contributed by atoms with van der Waals surface area (Å²) in [5.41, 5.74) is 0. The van der Waals surface area contributed by atoms with Gasteiger partial charge in [-0.1, -0.05) is 0 Å². The molecule has 1 aromatic heterocycles. The van der Waals surface area contributed by atoms with Crippen molar-refractivity contribution in [1.29, 1.82) is 0 Å². The lowest BCUT2D eigenvalue weighted by molar-refractivity contribution is 0.574. The second-order valence-electron chi connectivity index (χ2n) is 2.98. The van der Waals surface area contributed by atoms with Gasteiger partial charge in [-0.2, -0.15) is 0 Å². The average Bonchev–Trinajstić information content (AvgIpc) is 2.44. The van der Waals surface area contributed by atoms with Crippen LogP contribution in [0.1, 0.15) is 6.42 Å². The van der Waals surface area contributed by atoms with Crippen molar-refractivity contribution in [2.45, 2.75) is 13.0 Å². The van der Waals surface area contributed by atoms with Crippen LogP contribution in [0.4, 0.5) is 0 Å². The lowest BCUT2D eigenvalue weighted by atomic mass is 10.4. The minimum Gasteiger partial charge on any atom is -0.337 e. The molecule has 5 nitrogen and oxygen atoms in total. The lowest BCUT2D eigenvalue weighted by Gasteiger charge is -2.02. The van der Waals surface area contributed by atoms with Crippen LogP contribution in [-0.4, -0.2) is 30.8 Å². The number of hydrogen-bond donors (Lipinski definition) is 2. The molecule has 0 fully saturated rings. The summed E-state index contributed by atoms with van der Waals surface area (Å²) in [6.45, 7) is 1.15. The first-order valence-corrected chi connectivity index (χ1v) is 6.47. The van der Waals surface area contributed by atoms with Crippen LogP contribution in [0.15, 0.2) is 12.4 Å². The zero-order valence-electron chi connectivity index (χ0n) is 7.86. The molecule has 0 spiro atoms. The Labute approximate surface area is 88.2 Å². The van der Waals surface area contributed by atoms with Crippen LogP contribution in [0.25, 0.3) is 0 Å². The molecule has 0 atom stereocenters. The molecule has 0 saturated carbocycles. The van der Waals surface area contributed by atoms with Gasteiger partial charge in [0, 0.05) is 25.5 Å². The van der Waals surface area contributed by atoms with Crippen molar-refractivity contribution >= 4 is 22.2 Å². The van der Waals surface area contributed by atoms with Crippen LogP contribution in [0.3, 0.4) is 0 Å². The Kier molecular flexibility index (Phi) is 3.85. The van der Waals surface area contributed by atoms with Crippen LogP contribution in [0, 0.1) is 4.77 Å². The zero-order chi connectivity index (χ0) is 10.6. The number of aryl methyl sites for hydroxylation is 1. The van der Waals surface area contributed by atoms with Crippen molar-refractivity contribution in [3.05, 3.63) is 17.2 Å². The molecule has 2 N–H and O–H groups in total. The van der Waals surface area contributed by atoms with Crippen LogP contribution >= 0.6 is 12.2 Å². The molecule has 0 unspecified atom stereocenters. The maximum absolute atomic E-state index is 10.7. The number of nitrogens with one attached hydrogen (secondary N) is 2. The molecule has 0 saturated heterocycles. The molecule has 0 aromatic carbocycles. The van der Waals surface area contributed by atoms with Crippen molar-refractivity contribution in [1.82, 2.24) is 14.3 Å². The fourth-order valence-electron chi connectivity index (χ4n) is 1.03. The van der Waals surface area contributed by atoms with E-state index in [1.807, 2.05) is 10.8 Å². The quantitative estimate of drug-likeness (QED) is 0.576. The Hall–Kier alpha value is -0.660. The standard InChI is InChI=1S/C7H13N3O2S2/c1-14(11,12)9-3-2-5-10-6-4-8-7(10)13/h4,6,9H,2-3,5H2,1H3,(H,8,13). The van der Waals surface area contributed by atoms with Crippen molar-refractivity contribution in [2.24, 2.45) is 0 Å². The van der Waals surface area contributed by atoms with E-state index in [2.05, 4.69) is 9.71 Å². The van der Waals surface area contributed by atoms with Crippen molar-refractivity contribution < 1.29 is 8.42 Å². The maximum Gasteiger partial charge on any atom is 0.208 e. The van der Waals surface area contributed by atoms with Crippen LogP contribution in [0.2, 0.25) is 0 Å². The van der Waals surface area contributed by atoms with Gasteiger partial charge in [-0.25, -0.2) is 13.1 Å². The van der Waals surface area contributed by atoms with Gasteiger partial charge >= 0.3 is 0 Å². The van der Waals surface area contributed by atoms with E-state index in [1.54, 1.807) is 6.20 Å². The summed E-state index contributed by atoms with van der Waals surface area (Å²) in [7, 11) is -3.07. The van der Waals surface area contributed by atoms with E-state index in [0.717, 1.165) is 12.7 Å². The monoisotopic (exact) mass is 235 g/mol. The Balaban J connectivity index is 2.30. The Morgan fingerprint density at radius 3 is 2.86 bits per heavy atom. The molecule has 0 bridgehead atoms. The predicted octanol–water partition coefficient (Wildman–Crippen LogP) is 0.485. The van der Waals surface area contributed by atoms with Crippen molar-refractivity contribution in [3.8, 4) is 0 Å². The number of sulfonamides is 1. The van der Waals surface area contributed by atoms with Crippen molar-refractivity contribution in [2.75, 3.05) is 12.8 Å². The molecule has 0 aliphatic carbocycles. The topological polar surface area (TPSA) is 66.9 Å². The fourth-order valence-corrected chi connectivity index (χ4v) is 1.77. The molecular weight excluding hydrogens is 222 g/mol. The van der Waals surface area contributed by atoms with Gasteiger partial charge in [0.1, 0.15) is 0 Å². The van der Waals surface area contributed by atoms with E-state index < -0.39 is 10.0 Å². The summed E-state index contributed by atoms with van der Waals surface area (Å²) in [4.78, 5) is 2.86. The molecule has 1 rings (SSSR count). The number of rotatable bonds is 5. The molecule has 0 aliphatic rings. The van der Waals surface area contributed by atoms with E-state index in [9.17, 15) is 8.42 Å². The van der Waals surface area contributed by atoms with E-state index in [0.29, 0.717) is 17.9 Å². The van der Waals surface area contributed by atoms with E-state index >= 15 is 0 Å². The number of aromatic nitrogens is 2. The van der Waals surface area contributed by atoms with Gasteiger partial charge in [0.2, 0.25) is 10.0 Å². The third-order valence-corrected chi connectivity index (χ3v) is 2.74. The highest BCUT2D eigenvalue weighted by atomic mass is 32.2. The highest BCUT2D eigenvalue weighted by Crippen LogP contribution is 1.93. The normalized spacial score (nSPS) is 11.8. The van der Waals surface area contributed by atoms with E-state index in [4.69, 9.17) is 12.2 Å². The molecule has 0 aliphatic heterocycles. The summed E-state index contributed by atoms with van der Waals surface area (Å²) in [6, 6.07) is 0. The molecule has 0 radical (unpaired) electrons. The first-order valence-electron chi connectivity index (χ1n) is 4.17. The SMILES string of the molecule is CS(=O)(=O)NCCCn1cc[nH]c1=S. The molecule has 1 aromatic rings. The van der Waals surface area contributed by atoms with Gasteiger partial charge in [0.25, 0.3) is 0 Å². The molecule has 14 heavy (non-hydrogen) atoms. The highest BCUT2D eigenvalue weighted by molar-refractivity contribution is 7.88. The lowest BCUT2D eigenvalue weighted by Crippen LogP contribution is -2.23. The second-order valence-corrected chi connectivity index (χ2v) is 5.20. The summed E-state index contributed by atoms with van der Waals surface area (Å²) in [5.74, 6) is 0. The average molecular weight is 235 g/mol. The van der Waals surface area contributed by atoms with E-state index in [-0.39, 0.29) is 0 Å². The zero-order valence-corrected chi connectivity index (χ0v) is 9.49. The Morgan fingerprint density at radius 2 is 2.36 bits per heavy atom. The third kappa shape index (κ3) is 4.03. The third-order valence-electron chi connectivity index (χ3n) is 1.66. The van der Waals surface area contributed by atoms with Gasteiger partial charge in [-0.3, -0.25) is 0 Å². The number of imidazole rings is 1. The van der Waals surface area contributed by atoms with Crippen LogP contribution in [0.5, 0.6) is 0 Å². The number of aromatic amines is 1. The maximum atomic E-state index is 10.7. The highest BCUT2D eigenvalue weighted by Gasteiger charge is 1.99. The summed E-state index contributed by atoms with van der Waals surface area (Å²) in [6.07, 6.45) is 5.46. The predicted molar refractivity (Wildman–Crippen MR) is 57.1 cm³/mol. The Morgan fingerprint density at radius 1 is 1.64 bits per heavy atom. The number of H-pyrrole nitrogens is 1. The Bertz CT molecular complexity index is 432. The minimum atomic E-state index is -3.07. The van der Waals surface area contributed by atoms with Crippen molar-refractivity contribution in [3.63, 3.8) is 0 Å². The van der Waals surface area contributed by atoms with Gasteiger partial charge in [0.15, 0.2) is 4.77 Å². The first-order chi connectivity index (χ1) is 6.49. The van der Waals surface area contributed by atoms with Gasteiger partial charge in [0.05, 0.1) is 6.26 Å². The molecular formula is C7H13N3O2S2. The summed E-state index contributed by atoms with van der Waals surface area (Å²) in [5, 5.41) is 0.